The van der Waals surface area contributed by atoms with Gasteiger partial charge >= 0.3 is 0 Å². The maximum absolute atomic E-state index is 12.4. The van der Waals surface area contributed by atoms with Crippen molar-refractivity contribution >= 4 is 18.3 Å². The second kappa shape index (κ2) is 7.47. The number of nitrogens with two attached hydrogens (primary N) is 1. The molecule has 1 saturated carbocycles. The molecule has 0 bridgehead atoms. The Hall–Kier alpha value is -1.78. The van der Waals surface area contributed by atoms with Crippen LogP contribution in [-0.2, 0) is 6.54 Å². The molecule has 1 unspecified atom stereocenters. The molecule has 0 aliphatic heterocycles. The number of amides is 1. The minimum atomic E-state index is -0.0980. The van der Waals surface area contributed by atoms with Gasteiger partial charge in [0.2, 0.25) is 0 Å². The van der Waals surface area contributed by atoms with Crippen molar-refractivity contribution in [2.24, 2.45) is 11.7 Å². The number of hydrogen-bond donors (Lipinski definition) is 2. The van der Waals surface area contributed by atoms with Gasteiger partial charge in [-0.25, -0.2) is 0 Å². The number of furan rings is 1. The number of benzene rings is 1. The van der Waals surface area contributed by atoms with E-state index in [-0.39, 0.29) is 24.4 Å². The molecule has 1 atom stereocenters. The van der Waals surface area contributed by atoms with Crippen LogP contribution in [0.15, 0.2) is 47.1 Å². The first-order chi connectivity index (χ1) is 10.3. The second-order valence-electron chi connectivity index (χ2n) is 5.56. The fourth-order valence-electron chi connectivity index (χ4n) is 2.74. The lowest BCUT2D eigenvalue weighted by atomic mass is 9.77. The number of nitrogens with one attached hydrogen (secondary N) is 1. The van der Waals surface area contributed by atoms with Crippen LogP contribution in [0.3, 0.4) is 0 Å². The largest absolute Gasteiger partial charge is 0.467 e. The van der Waals surface area contributed by atoms with Gasteiger partial charge in [-0.2, -0.15) is 0 Å². The number of carbonyl (C=O) groups excluding carboxylic acids is 1. The Kier molecular flexibility index (Phi) is 5.63. The van der Waals surface area contributed by atoms with Crippen molar-refractivity contribution in [1.82, 2.24) is 5.32 Å². The van der Waals surface area contributed by atoms with Crippen molar-refractivity contribution in [3.8, 4) is 0 Å². The van der Waals surface area contributed by atoms with E-state index in [2.05, 4.69) is 17.4 Å². The first kappa shape index (κ1) is 16.6. The number of halogens is 1. The molecular formula is C17H21ClN2O2. The predicted molar refractivity (Wildman–Crippen MR) is 87.8 cm³/mol. The Bertz CT molecular complexity index is 608. The molecular weight excluding hydrogens is 300 g/mol. The van der Waals surface area contributed by atoms with E-state index in [1.54, 1.807) is 6.07 Å². The van der Waals surface area contributed by atoms with Crippen molar-refractivity contribution in [2.45, 2.75) is 31.8 Å². The van der Waals surface area contributed by atoms with Gasteiger partial charge in [0.15, 0.2) is 0 Å². The molecule has 2 aromatic rings. The van der Waals surface area contributed by atoms with E-state index in [0.29, 0.717) is 23.8 Å². The van der Waals surface area contributed by atoms with Crippen LogP contribution in [0.2, 0.25) is 0 Å². The number of carbonyl (C=O) groups is 1. The summed E-state index contributed by atoms with van der Waals surface area (Å²) in [6, 6.07) is 11.9. The molecule has 118 valence electrons. The topological polar surface area (TPSA) is 68.3 Å². The molecule has 22 heavy (non-hydrogen) atoms. The van der Waals surface area contributed by atoms with Crippen LogP contribution >= 0.6 is 12.4 Å². The zero-order valence-corrected chi connectivity index (χ0v) is 13.1. The number of rotatable bonds is 5. The van der Waals surface area contributed by atoms with E-state index < -0.39 is 0 Å². The summed E-state index contributed by atoms with van der Waals surface area (Å²) in [5.41, 5.74) is 7.21. The highest BCUT2D eigenvalue weighted by atomic mass is 35.5. The molecule has 1 aliphatic carbocycles. The normalized spacial score (nSPS) is 15.5. The van der Waals surface area contributed by atoms with Crippen LogP contribution in [0.25, 0.3) is 0 Å². The van der Waals surface area contributed by atoms with E-state index in [1.807, 2.05) is 18.2 Å². The third-order valence-electron chi connectivity index (χ3n) is 4.18. The van der Waals surface area contributed by atoms with Crippen molar-refractivity contribution < 1.29 is 9.21 Å². The van der Waals surface area contributed by atoms with Gasteiger partial charge in [0, 0.05) is 0 Å². The van der Waals surface area contributed by atoms with Crippen LogP contribution in [-0.4, -0.2) is 5.91 Å². The third kappa shape index (κ3) is 3.51. The van der Waals surface area contributed by atoms with Gasteiger partial charge in [-0.15, -0.1) is 12.4 Å². The van der Waals surface area contributed by atoms with Gasteiger partial charge in [0.05, 0.1) is 18.2 Å². The predicted octanol–water partition coefficient (Wildman–Crippen LogP) is 3.43. The number of hydrogen-bond acceptors (Lipinski definition) is 3. The molecule has 1 fully saturated rings. The molecule has 4 nitrogen and oxygen atoms in total. The monoisotopic (exact) mass is 320 g/mol. The molecule has 1 aromatic carbocycles. The molecule has 0 radical (unpaired) electrons. The Morgan fingerprint density at radius 1 is 1.32 bits per heavy atom. The van der Waals surface area contributed by atoms with Crippen LogP contribution in [0.1, 0.15) is 47.0 Å². The van der Waals surface area contributed by atoms with Crippen LogP contribution < -0.4 is 11.1 Å². The summed E-state index contributed by atoms with van der Waals surface area (Å²) in [4.78, 5) is 12.4. The summed E-state index contributed by atoms with van der Waals surface area (Å²) in [7, 11) is 0. The summed E-state index contributed by atoms with van der Waals surface area (Å²) in [6.45, 7) is 0.304. The second-order valence-corrected chi connectivity index (χ2v) is 5.56. The van der Waals surface area contributed by atoms with Crippen molar-refractivity contribution in [1.29, 1.82) is 0 Å². The Balaban J connectivity index is 0.00000176. The maximum atomic E-state index is 12.4. The minimum Gasteiger partial charge on any atom is -0.467 e. The molecule has 0 spiro atoms. The highest BCUT2D eigenvalue weighted by Gasteiger charge is 2.30. The van der Waals surface area contributed by atoms with Gasteiger partial charge < -0.3 is 15.5 Å². The molecule has 3 N–H and O–H groups in total. The smallest absolute Gasteiger partial charge is 0.255 e. The van der Waals surface area contributed by atoms with Gasteiger partial charge in [-0.3, -0.25) is 4.79 Å². The lowest BCUT2D eigenvalue weighted by Crippen LogP contribution is -2.36. The lowest BCUT2D eigenvalue weighted by molar-refractivity contribution is 0.0900. The summed E-state index contributed by atoms with van der Waals surface area (Å²) in [5.74, 6) is 1.05. The minimum absolute atomic E-state index is 0. The van der Waals surface area contributed by atoms with Crippen molar-refractivity contribution in [3.63, 3.8) is 0 Å². The summed E-state index contributed by atoms with van der Waals surface area (Å²) in [6.07, 6.45) is 5.05. The highest BCUT2D eigenvalue weighted by Crippen LogP contribution is 2.37. The molecule has 5 heteroatoms. The first-order valence-corrected chi connectivity index (χ1v) is 7.41. The summed E-state index contributed by atoms with van der Waals surface area (Å²) >= 11 is 0. The fourth-order valence-corrected chi connectivity index (χ4v) is 2.74. The molecule has 0 saturated heterocycles. The zero-order chi connectivity index (χ0) is 14.7. The Morgan fingerprint density at radius 2 is 2.05 bits per heavy atom. The zero-order valence-electron chi connectivity index (χ0n) is 12.3. The highest BCUT2D eigenvalue weighted by molar-refractivity contribution is 5.94. The lowest BCUT2D eigenvalue weighted by Gasteiger charge is -2.34. The van der Waals surface area contributed by atoms with Gasteiger partial charge in [-0.1, -0.05) is 36.8 Å². The quantitative estimate of drug-likeness (QED) is 0.886. The molecule has 3 rings (SSSR count). The van der Waals surface area contributed by atoms with Crippen molar-refractivity contribution in [3.05, 3.63) is 59.5 Å². The molecule has 1 amide bonds. The maximum Gasteiger partial charge on any atom is 0.255 e. The van der Waals surface area contributed by atoms with Gasteiger partial charge in [-0.05, 0) is 30.4 Å². The van der Waals surface area contributed by atoms with Gasteiger partial charge in [0.25, 0.3) is 5.91 Å². The SMILES string of the molecule is Cl.NCc1cc(C(=O)NC(c2ccccc2)C2CCC2)co1. The average molecular weight is 321 g/mol. The van der Waals surface area contributed by atoms with E-state index in [1.165, 1.54) is 25.5 Å². The van der Waals surface area contributed by atoms with Crippen LogP contribution in [0.5, 0.6) is 0 Å². The molecule has 1 aliphatic rings. The first-order valence-electron chi connectivity index (χ1n) is 7.41. The van der Waals surface area contributed by atoms with E-state index in [9.17, 15) is 4.79 Å². The Morgan fingerprint density at radius 3 is 2.59 bits per heavy atom. The van der Waals surface area contributed by atoms with Crippen LogP contribution in [0.4, 0.5) is 0 Å². The molecule has 1 aromatic heterocycles. The van der Waals surface area contributed by atoms with Crippen LogP contribution in [0, 0.1) is 5.92 Å². The van der Waals surface area contributed by atoms with Crippen molar-refractivity contribution in [2.75, 3.05) is 0 Å². The Labute approximate surface area is 136 Å². The van der Waals surface area contributed by atoms with E-state index >= 15 is 0 Å². The van der Waals surface area contributed by atoms with Gasteiger partial charge in [0.1, 0.15) is 12.0 Å². The third-order valence-corrected chi connectivity index (χ3v) is 4.18. The fraction of sp³-hybridized carbons (Fsp3) is 0.353. The van der Waals surface area contributed by atoms with E-state index in [4.69, 9.17) is 10.2 Å². The molecule has 1 heterocycles. The average Bonchev–Trinajstić information content (AvgIpc) is 2.94. The van der Waals surface area contributed by atoms with E-state index in [0.717, 1.165) is 5.56 Å². The summed E-state index contributed by atoms with van der Waals surface area (Å²) in [5, 5.41) is 3.15. The standard InChI is InChI=1S/C17H20N2O2.ClH/c18-10-15-9-14(11-21-15)17(20)19-16(13-7-4-8-13)12-5-2-1-3-6-12;/h1-3,5-6,9,11,13,16H,4,7-8,10,18H2,(H,19,20);1H. The summed E-state index contributed by atoms with van der Waals surface area (Å²) < 4.78 is 5.24.